The highest BCUT2D eigenvalue weighted by molar-refractivity contribution is 5.04. The summed E-state index contributed by atoms with van der Waals surface area (Å²) >= 11 is 0. The van der Waals surface area contributed by atoms with Crippen molar-refractivity contribution in [3.63, 3.8) is 0 Å². The zero-order valence-corrected chi connectivity index (χ0v) is 12.2. The molecule has 0 aromatic heterocycles. The van der Waals surface area contributed by atoms with Crippen molar-refractivity contribution in [1.82, 2.24) is 10.2 Å². The monoisotopic (exact) mass is 238 g/mol. The molecule has 2 aliphatic rings. The number of nitrogens with one attached hydrogen (secondary N) is 1. The summed E-state index contributed by atoms with van der Waals surface area (Å²) in [5.41, 5.74) is 0.792. The summed E-state index contributed by atoms with van der Waals surface area (Å²) in [6.45, 7) is 13.1. The maximum atomic E-state index is 3.77. The number of rotatable bonds is 3. The molecular formula is C15H30N2. The van der Waals surface area contributed by atoms with Crippen molar-refractivity contribution < 1.29 is 0 Å². The van der Waals surface area contributed by atoms with Crippen LogP contribution in [-0.2, 0) is 0 Å². The number of nitrogens with zero attached hydrogens (tertiary/aromatic N) is 1. The molecule has 1 spiro atoms. The molecule has 2 fully saturated rings. The van der Waals surface area contributed by atoms with Gasteiger partial charge in [0.05, 0.1) is 0 Å². The average molecular weight is 238 g/mol. The van der Waals surface area contributed by atoms with Gasteiger partial charge in [0.25, 0.3) is 0 Å². The van der Waals surface area contributed by atoms with Crippen LogP contribution in [0.4, 0.5) is 0 Å². The lowest BCUT2D eigenvalue weighted by Gasteiger charge is -2.52. The summed E-state index contributed by atoms with van der Waals surface area (Å²) in [7, 11) is 0. The smallest absolute Gasteiger partial charge is 0.0335 e. The molecule has 1 saturated carbocycles. The van der Waals surface area contributed by atoms with Crippen molar-refractivity contribution in [2.45, 2.75) is 70.9 Å². The molecule has 0 radical (unpaired) electrons. The van der Waals surface area contributed by atoms with E-state index in [0.717, 1.165) is 5.92 Å². The maximum Gasteiger partial charge on any atom is 0.0335 e. The summed E-state index contributed by atoms with van der Waals surface area (Å²) in [4.78, 5) is 2.82. The molecule has 1 N–H and O–H groups in total. The van der Waals surface area contributed by atoms with E-state index in [2.05, 4.69) is 37.9 Å². The summed E-state index contributed by atoms with van der Waals surface area (Å²) in [5.74, 6) is 0.835. The zero-order valence-electron chi connectivity index (χ0n) is 12.2. The molecule has 100 valence electrons. The number of hydrogen-bond donors (Lipinski definition) is 1. The van der Waals surface area contributed by atoms with Gasteiger partial charge >= 0.3 is 0 Å². The minimum atomic E-state index is 0.293. The Morgan fingerprint density at radius 2 is 1.88 bits per heavy atom. The van der Waals surface area contributed by atoms with Crippen LogP contribution in [0.2, 0.25) is 0 Å². The lowest BCUT2D eigenvalue weighted by Crippen LogP contribution is -2.67. The highest BCUT2D eigenvalue weighted by Crippen LogP contribution is 2.38. The van der Waals surface area contributed by atoms with Crippen LogP contribution in [0.1, 0.15) is 59.8 Å². The van der Waals surface area contributed by atoms with E-state index in [-0.39, 0.29) is 0 Å². The second-order valence-electron chi connectivity index (χ2n) is 7.06. The average Bonchev–Trinajstić information content (AvgIpc) is 2.73. The predicted octanol–water partition coefficient (Wildman–Crippen LogP) is 3.03. The van der Waals surface area contributed by atoms with Crippen LogP contribution in [0.15, 0.2) is 0 Å². The van der Waals surface area contributed by atoms with E-state index < -0.39 is 0 Å². The highest BCUT2D eigenvalue weighted by atomic mass is 15.3. The molecule has 1 unspecified atom stereocenters. The molecule has 0 aromatic carbocycles. The lowest BCUT2D eigenvalue weighted by atomic mass is 9.86. The Balaban J connectivity index is 2.09. The van der Waals surface area contributed by atoms with Gasteiger partial charge in [-0.05, 0) is 32.6 Å². The number of piperazine rings is 1. The van der Waals surface area contributed by atoms with Gasteiger partial charge in [0.15, 0.2) is 0 Å². The van der Waals surface area contributed by atoms with Gasteiger partial charge in [0.2, 0.25) is 0 Å². The maximum absolute atomic E-state index is 3.77. The van der Waals surface area contributed by atoms with E-state index in [1.165, 1.54) is 51.7 Å². The summed E-state index contributed by atoms with van der Waals surface area (Å²) in [5, 5.41) is 3.77. The molecule has 1 heterocycles. The predicted molar refractivity (Wildman–Crippen MR) is 74.3 cm³/mol. The first-order valence-corrected chi connectivity index (χ1v) is 7.47. The van der Waals surface area contributed by atoms with E-state index in [0.29, 0.717) is 11.1 Å². The largest absolute Gasteiger partial charge is 0.309 e. The van der Waals surface area contributed by atoms with Crippen molar-refractivity contribution in [1.29, 1.82) is 0 Å². The molecule has 2 rings (SSSR count). The Hall–Kier alpha value is -0.0800. The second kappa shape index (κ2) is 4.89. The van der Waals surface area contributed by atoms with Gasteiger partial charge in [0, 0.05) is 30.7 Å². The normalized spacial score (nSPS) is 29.6. The van der Waals surface area contributed by atoms with E-state index in [1.54, 1.807) is 0 Å². The fourth-order valence-electron chi connectivity index (χ4n) is 3.51. The molecular weight excluding hydrogens is 208 g/mol. The minimum Gasteiger partial charge on any atom is -0.309 e. The first-order chi connectivity index (χ1) is 7.97. The third kappa shape index (κ3) is 2.85. The lowest BCUT2D eigenvalue weighted by molar-refractivity contribution is 0.00843. The first kappa shape index (κ1) is 13.4. The van der Waals surface area contributed by atoms with Crippen LogP contribution < -0.4 is 5.32 Å². The molecule has 1 aliphatic carbocycles. The second-order valence-corrected chi connectivity index (χ2v) is 7.06. The van der Waals surface area contributed by atoms with E-state index in [9.17, 15) is 0 Å². The summed E-state index contributed by atoms with van der Waals surface area (Å²) in [6, 6.07) is 0. The van der Waals surface area contributed by atoms with Gasteiger partial charge in [-0.15, -0.1) is 0 Å². The van der Waals surface area contributed by atoms with Gasteiger partial charge in [-0.25, -0.2) is 0 Å². The topological polar surface area (TPSA) is 15.3 Å². The van der Waals surface area contributed by atoms with Crippen LogP contribution in [0.25, 0.3) is 0 Å². The standard InChI is InChI=1S/C15H30N2/c1-5-13(2)10-17-12-14(3,4)16-11-15(17)8-6-7-9-15/h13,16H,5-12H2,1-4H3. The molecule has 0 amide bonds. The van der Waals surface area contributed by atoms with Crippen molar-refractivity contribution in [3.05, 3.63) is 0 Å². The van der Waals surface area contributed by atoms with Crippen LogP contribution in [0.5, 0.6) is 0 Å². The van der Waals surface area contributed by atoms with Gasteiger partial charge < -0.3 is 5.32 Å². The molecule has 2 nitrogen and oxygen atoms in total. The summed E-state index contributed by atoms with van der Waals surface area (Å²) < 4.78 is 0. The van der Waals surface area contributed by atoms with E-state index in [4.69, 9.17) is 0 Å². The van der Waals surface area contributed by atoms with E-state index >= 15 is 0 Å². The first-order valence-electron chi connectivity index (χ1n) is 7.47. The Morgan fingerprint density at radius 3 is 2.47 bits per heavy atom. The minimum absolute atomic E-state index is 0.293. The van der Waals surface area contributed by atoms with Crippen LogP contribution in [0, 0.1) is 5.92 Å². The molecule has 1 aliphatic heterocycles. The molecule has 1 saturated heterocycles. The summed E-state index contributed by atoms with van der Waals surface area (Å²) in [6.07, 6.45) is 6.98. The molecule has 17 heavy (non-hydrogen) atoms. The fraction of sp³-hybridized carbons (Fsp3) is 1.00. The van der Waals surface area contributed by atoms with Gasteiger partial charge in [-0.2, -0.15) is 0 Å². The number of hydrogen-bond acceptors (Lipinski definition) is 2. The zero-order chi connectivity index (χ0) is 12.5. The van der Waals surface area contributed by atoms with Crippen molar-refractivity contribution >= 4 is 0 Å². The van der Waals surface area contributed by atoms with Gasteiger partial charge in [0.1, 0.15) is 0 Å². The van der Waals surface area contributed by atoms with Crippen molar-refractivity contribution in [3.8, 4) is 0 Å². The Labute approximate surface area is 107 Å². The van der Waals surface area contributed by atoms with Crippen molar-refractivity contribution in [2.75, 3.05) is 19.6 Å². The molecule has 1 atom stereocenters. The Morgan fingerprint density at radius 1 is 1.24 bits per heavy atom. The van der Waals surface area contributed by atoms with Gasteiger partial charge in [-0.1, -0.05) is 33.1 Å². The Bertz CT molecular complexity index is 254. The third-order valence-electron chi connectivity index (χ3n) is 4.92. The SMILES string of the molecule is CCC(C)CN1CC(C)(C)NCC12CCCC2. The molecule has 2 heteroatoms. The molecule has 0 bridgehead atoms. The van der Waals surface area contributed by atoms with Crippen LogP contribution in [0.3, 0.4) is 0 Å². The van der Waals surface area contributed by atoms with Crippen LogP contribution in [-0.4, -0.2) is 35.6 Å². The van der Waals surface area contributed by atoms with Crippen molar-refractivity contribution in [2.24, 2.45) is 5.92 Å². The Kier molecular flexibility index (Phi) is 3.84. The van der Waals surface area contributed by atoms with E-state index in [1.807, 2.05) is 0 Å². The molecule has 0 aromatic rings. The highest BCUT2D eigenvalue weighted by Gasteiger charge is 2.45. The van der Waals surface area contributed by atoms with Crippen LogP contribution >= 0.6 is 0 Å². The third-order valence-corrected chi connectivity index (χ3v) is 4.92. The van der Waals surface area contributed by atoms with Gasteiger partial charge in [-0.3, -0.25) is 4.90 Å². The fourth-order valence-corrected chi connectivity index (χ4v) is 3.51. The quantitative estimate of drug-likeness (QED) is 0.813.